The molecule has 2 rings (SSSR count). The number of thiophene rings is 1. The van der Waals surface area contributed by atoms with E-state index >= 15 is 0 Å². The van der Waals surface area contributed by atoms with Gasteiger partial charge in [-0.05, 0) is 45.1 Å². The van der Waals surface area contributed by atoms with Crippen LogP contribution in [0.25, 0.3) is 10.6 Å². The second kappa shape index (κ2) is 6.99. The van der Waals surface area contributed by atoms with Crippen LogP contribution in [-0.4, -0.2) is 37.1 Å². The van der Waals surface area contributed by atoms with Crippen LogP contribution >= 0.6 is 22.7 Å². The van der Waals surface area contributed by atoms with Gasteiger partial charge in [0, 0.05) is 22.9 Å². The fraction of sp³-hybridized carbons (Fsp3) is 0.462. The Hall–Kier alpha value is -0.750. The van der Waals surface area contributed by atoms with Gasteiger partial charge < -0.3 is 10.2 Å². The molecule has 0 saturated carbocycles. The highest BCUT2D eigenvalue weighted by Gasteiger charge is 2.07. The molecule has 0 amide bonds. The summed E-state index contributed by atoms with van der Waals surface area (Å²) in [5.41, 5.74) is 2.42. The molecule has 0 aromatic carbocycles. The number of rotatable bonds is 7. The Morgan fingerprint density at radius 3 is 3.00 bits per heavy atom. The topological polar surface area (TPSA) is 28.2 Å². The molecule has 1 N–H and O–H groups in total. The molecule has 0 aliphatic heterocycles. The van der Waals surface area contributed by atoms with Crippen LogP contribution in [0.2, 0.25) is 0 Å². The third-order valence-electron chi connectivity index (χ3n) is 2.72. The van der Waals surface area contributed by atoms with E-state index in [1.54, 1.807) is 22.7 Å². The summed E-state index contributed by atoms with van der Waals surface area (Å²) in [6, 6.07) is 2.13. The second-order valence-electron chi connectivity index (χ2n) is 4.35. The number of hydrogen-bond donors (Lipinski definition) is 1. The van der Waals surface area contributed by atoms with Crippen LogP contribution in [-0.2, 0) is 6.54 Å². The molecule has 3 nitrogen and oxygen atoms in total. The summed E-state index contributed by atoms with van der Waals surface area (Å²) in [4.78, 5) is 7.01. The Labute approximate surface area is 116 Å². The predicted octanol–water partition coefficient (Wildman–Crippen LogP) is 2.91. The maximum absolute atomic E-state index is 4.69. The molecular weight excluding hydrogens is 262 g/mol. The van der Waals surface area contributed by atoms with E-state index in [0.29, 0.717) is 0 Å². The quantitative estimate of drug-likeness (QED) is 0.791. The summed E-state index contributed by atoms with van der Waals surface area (Å²) in [6.07, 6.45) is 1.18. The zero-order chi connectivity index (χ0) is 12.8. The average Bonchev–Trinajstić information content (AvgIpc) is 2.98. The summed E-state index contributed by atoms with van der Waals surface area (Å²) in [5, 5.41) is 10.7. The van der Waals surface area contributed by atoms with Gasteiger partial charge in [-0.15, -0.1) is 11.3 Å². The Balaban J connectivity index is 1.87. The van der Waals surface area contributed by atoms with Crippen LogP contribution in [0.1, 0.15) is 12.1 Å². The molecule has 2 aromatic rings. The number of nitrogens with one attached hydrogen (secondary N) is 1. The lowest BCUT2D eigenvalue weighted by Gasteiger charge is -2.14. The fourth-order valence-corrected chi connectivity index (χ4v) is 3.30. The average molecular weight is 281 g/mol. The van der Waals surface area contributed by atoms with Gasteiger partial charge in [0.1, 0.15) is 5.01 Å². The molecule has 98 valence electrons. The SMILES string of the molecule is CNCCCN(C)Cc1csc(-c2ccsc2)n1. The first-order valence-electron chi connectivity index (χ1n) is 6.09. The van der Waals surface area contributed by atoms with Gasteiger partial charge in [0.05, 0.1) is 5.69 Å². The highest BCUT2D eigenvalue weighted by molar-refractivity contribution is 7.14. The molecule has 0 unspecified atom stereocenters. The van der Waals surface area contributed by atoms with Crippen LogP contribution in [0.3, 0.4) is 0 Å². The van der Waals surface area contributed by atoms with Crippen molar-refractivity contribution in [2.24, 2.45) is 0 Å². The van der Waals surface area contributed by atoms with Gasteiger partial charge in [-0.2, -0.15) is 11.3 Å². The largest absolute Gasteiger partial charge is 0.320 e. The van der Waals surface area contributed by atoms with Crippen molar-refractivity contribution in [2.75, 3.05) is 27.2 Å². The monoisotopic (exact) mass is 281 g/mol. The van der Waals surface area contributed by atoms with Crippen molar-refractivity contribution in [3.63, 3.8) is 0 Å². The first kappa shape index (κ1) is 13.7. The van der Waals surface area contributed by atoms with Crippen LogP contribution in [0.15, 0.2) is 22.2 Å². The lowest BCUT2D eigenvalue weighted by atomic mass is 10.3. The Kier molecular flexibility index (Phi) is 5.31. The minimum absolute atomic E-state index is 0.935. The smallest absolute Gasteiger partial charge is 0.124 e. The molecule has 2 heterocycles. The van der Waals surface area contributed by atoms with Crippen LogP contribution in [0.4, 0.5) is 0 Å². The zero-order valence-corrected chi connectivity index (χ0v) is 12.5. The highest BCUT2D eigenvalue weighted by Crippen LogP contribution is 2.25. The number of aromatic nitrogens is 1. The third kappa shape index (κ3) is 3.88. The zero-order valence-electron chi connectivity index (χ0n) is 10.8. The van der Waals surface area contributed by atoms with E-state index in [1.807, 2.05) is 7.05 Å². The van der Waals surface area contributed by atoms with Gasteiger partial charge in [0.15, 0.2) is 0 Å². The molecule has 0 aliphatic carbocycles. The summed E-state index contributed by atoms with van der Waals surface area (Å²) in [7, 11) is 4.15. The standard InChI is InChI=1S/C13H19N3S2/c1-14-5-3-6-16(2)8-12-10-18-13(15-12)11-4-7-17-9-11/h4,7,9-10,14H,3,5-6,8H2,1-2H3. The highest BCUT2D eigenvalue weighted by atomic mass is 32.1. The Morgan fingerprint density at radius 1 is 1.39 bits per heavy atom. The predicted molar refractivity (Wildman–Crippen MR) is 80.3 cm³/mol. The van der Waals surface area contributed by atoms with E-state index in [0.717, 1.165) is 24.6 Å². The first-order valence-corrected chi connectivity index (χ1v) is 7.92. The Bertz CT molecular complexity index is 451. The van der Waals surface area contributed by atoms with Crippen molar-refractivity contribution in [3.05, 3.63) is 27.9 Å². The van der Waals surface area contributed by atoms with Crippen LogP contribution in [0.5, 0.6) is 0 Å². The molecule has 0 atom stereocenters. The van der Waals surface area contributed by atoms with E-state index in [9.17, 15) is 0 Å². The van der Waals surface area contributed by atoms with Crippen LogP contribution in [0, 0.1) is 0 Å². The number of nitrogens with zero attached hydrogens (tertiary/aromatic N) is 2. The number of thiazole rings is 1. The van der Waals surface area contributed by atoms with Gasteiger partial charge in [0.25, 0.3) is 0 Å². The van der Waals surface area contributed by atoms with Gasteiger partial charge in [-0.25, -0.2) is 4.98 Å². The molecule has 0 bridgehead atoms. The first-order chi connectivity index (χ1) is 8.79. The fourth-order valence-electron chi connectivity index (χ4n) is 1.78. The normalized spacial score (nSPS) is 11.3. The van der Waals surface area contributed by atoms with Crippen molar-refractivity contribution < 1.29 is 0 Å². The summed E-state index contributed by atoms with van der Waals surface area (Å²) >= 11 is 3.45. The summed E-state index contributed by atoms with van der Waals surface area (Å²) < 4.78 is 0. The molecular formula is C13H19N3S2. The van der Waals surface area contributed by atoms with Gasteiger partial charge in [-0.1, -0.05) is 0 Å². The summed E-state index contributed by atoms with van der Waals surface area (Å²) in [6.45, 7) is 3.11. The molecule has 0 fully saturated rings. The van der Waals surface area contributed by atoms with E-state index in [2.05, 4.69) is 44.5 Å². The molecule has 0 radical (unpaired) electrons. The van der Waals surface area contributed by atoms with Gasteiger partial charge >= 0.3 is 0 Å². The minimum Gasteiger partial charge on any atom is -0.320 e. The second-order valence-corrected chi connectivity index (χ2v) is 5.99. The molecule has 18 heavy (non-hydrogen) atoms. The van der Waals surface area contributed by atoms with E-state index < -0.39 is 0 Å². The third-order valence-corrected chi connectivity index (χ3v) is 4.34. The molecule has 2 aromatic heterocycles. The molecule has 0 aliphatic rings. The lowest BCUT2D eigenvalue weighted by molar-refractivity contribution is 0.318. The molecule has 0 saturated heterocycles. The van der Waals surface area contributed by atoms with Crippen molar-refractivity contribution in [1.82, 2.24) is 15.2 Å². The minimum atomic E-state index is 0.935. The molecule has 0 spiro atoms. The maximum Gasteiger partial charge on any atom is 0.124 e. The maximum atomic E-state index is 4.69. The Morgan fingerprint density at radius 2 is 2.28 bits per heavy atom. The van der Waals surface area contributed by atoms with Crippen molar-refractivity contribution in [3.8, 4) is 10.6 Å². The van der Waals surface area contributed by atoms with Crippen molar-refractivity contribution >= 4 is 22.7 Å². The van der Waals surface area contributed by atoms with Crippen molar-refractivity contribution in [2.45, 2.75) is 13.0 Å². The summed E-state index contributed by atoms with van der Waals surface area (Å²) in [5.74, 6) is 0. The lowest BCUT2D eigenvalue weighted by Crippen LogP contribution is -2.22. The van der Waals surface area contributed by atoms with Gasteiger partial charge in [-0.3, -0.25) is 0 Å². The van der Waals surface area contributed by atoms with Crippen LogP contribution < -0.4 is 5.32 Å². The van der Waals surface area contributed by atoms with Gasteiger partial charge in [0.2, 0.25) is 0 Å². The van der Waals surface area contributed by atoms with E-state index in [4.69, 9.17) is 0 Å². The molecule has 5 heteroatoms. The van der Waals surface area contributed by atoms with Crippen molar-refractivity contribution in [1.29, 1.82) is 0 Å². The van der Waals surface area contributed by atoms with E-state index in [1.165, 1.54) is 17.7 Å². The van der Waals surface area contributed by atoms with E-state index in [-0.39, 0.29) is 0 Å². The number of hydrogen-bond acceptors (Lipinski definition) is 5.